The summed E-state index contributed by atoms with van der Waals surface area (Å²) in [5, 5.41) is 4.59. The average molecular weight is 347 g/mol. The van der Waals surface area contributed by atoms with Crippen LogP contribution in [-0.4, -0.2) is 13.7 Å². The highest BCUT2D eigenvalue weighted by Crippen LogP contribution is 2.25. The molecule has 0 heterocycles. The van der Waals surface area contributed by atoms with Gasteiger partial charge in [-0.15, -0.1) is 12.4 Å². The van der Waals surface area contributed by atoms with Crippen LogP contribution < -0.4 is 10.1 Å². The van der Waals surface area contributed by atoms with E-state index >= 15 is 0 Å². The van der Waals surface area contributed by atoms with Crippen LogP contribution in [-0.2, 0) is 13.0 Å². The smallest absolute Gasteiger partial charge is 0.122 e. The number of hydrogen-bond donors (Lipinski definition) is 1. The Hall–Kier alpha value is -0.930. The van der Waals surface area contributed by atoms with Crippen LogP contribution in [0, 0.1) is 0 Å². The minimum Gasteiger partial charge on any atom is -0.496 e. The maximum Gasteiger partial charge on any atom is 0.122 e. The van der Waals surface area contributed by atoms with Crippen LogP contribution in [0.15, 0.2) is 42.5 Å². The lowest BCUT2D eigenvalue weighted by Crippen LogP contribution is -2.17. The van der Waals surface area contributed by atoms with Crippen LogP contribution in [0.3, 0.4) is 0 Å². The predicted molar refractivity (Wildman–Crippen MR) is 92.1 cm³/mol. The van der Waals surface area contributed by atoms with Gasteiger partial charge in [0.05, 0.1) is 17.2 Å². The minimum atomic E-state index is 0. The van der Waals surface area contributed by atoms with E-state index in [-0.39, 0.29) is 12.4 Å². The largest absolute Gasteiger partial charge is 0.496 e. The van der Waals surface area contributed by atoms with Gasteiger partial charge in [0.1, 0.15) is 5.75 Å². The van der Waals surface area contributed by atoms with Gasteiger partial charge < -0.3 is 10.1 Å². The molecule has 0 spiro atoms. The molecule has 0 bridgehead atoms. The summed E-state index contributed by atoms with van der Waals surface area (Å²) in [4.78, 5) is 0. The maximum atomic E-state index is 6.14. The van der Waals surface area contributed by atoms with E-state index in [0.29, 0.717) is 16.6 Å². The van der Waals surface area contributed by atoms with Crippen molar-refractivity contribution in [1.29, 1.82) is 0 Å². The molecule has 0 fully saturated rings. The van der Waals surface area contributed by atoms with Crippen molar-refractivity contribution in [3.63, 3.8) is 0 Å². The number of ether oxygens (including phenoxy) is 1. The van der Waals surface area contributed by atoms with Gasteiger partial charge in [-0.1, -0.05) is 53.5 Å². The highest BCUT2D eigenvalue weighted by Gasteiger charge is 2.04. The number of benzene rings is 2. The lowest BCUT2D eigenvalue weighted by atomic mass is 10.1. The average Bonchev–Trinajstić information content (AvgIpc) is 2.48. The molecule has 0 amide bonds. The van der Waals surface area contributed by atoms with Crippen molar-refractivity contribution in [2.45, 2.75) is 13.0 Å². The van der Waals surface area contributed by atoms with Crippen molar-refractivity contribution in [3.05, 3.63) is 63.6 Å². The van der Waals surface area contributed by atoms with Crippen LogP contribution in [0.25, 0.3) is 0 Å². The summed E-state index contributed by atoms with van der Waals surface area (Å²) < 4.78 is 5.33. The van der Waals surface area contributed by atoms with Crippen molar-refractivity contribution in [3.8, 4) is 5.75 Å². The molecule has 0 radical (unpaired) electrons. The molecule has 0 aliphatic heterocycles. The van der Waals surface area contributed by atoms with Crippen LogP contribution in [0.5, 0.6) is 5.75 Å². The molecule has 2 aromatic rings. The van der Waals surface area contributed by atoms with E-state index < -0.39 is 0 Å². The summed E-state index contributed by atoms with van der Waals surface area (Å²) in [7, 11) is 1.69. The van der Waals surface area contributed by atoms with Crippen molar-refractivity contribution in [2.24, 2.45) is 0 Å². The predicted octanol–water partition coefficient (Wildman–Crippen LogP) is 4.76. The zero-order chi connectivity index (χ0) is 14.4. The lowest BCUT2D eigenvalue weighted by Gasteiger charge is -2.10. The Balaban J connectivity index is 0.00000220. The molecule has 5 heteroatoms. The van der Waals surface area contributed by atoms with Gasteiger partial charge in [0.15, 0.2) is 0 Å². The van der Waals surface area contributed by atoms with Gasteiger partial charge in [-0.3, -0.25) is 0 Å². The zero-order valence-corrected chi connectivity index (χ0v) is 14.1. The van der Waals surface area contributed by atoms with E-state index in [1.807, 2.05) is 30.3 Å². The molecule has 0 aromatic heterocycles. The molecule has 21 heavy (non-hydrogen) atoms. The Morgan fingerprint density at radius 2 is 1.71 bits per heavy atom. The van der Waals surface area contributed by atoms with Crippen LogP contribution >= 0.6 is 35.6 Å². The van der Waals surface area contributed by atoms with Gasteiger partial charge in [-0.05, 0) is 36.2 Å². The van der Waals surface area contributed by atoms with Crippen molar-refractivity contribution in [1.82, 2.24) is 5.32 Å². The van der Waals surface area contributed by atoms with Crippen LogP contribution in [0.4, 0.5) is 0 Å². The van der Waals surface area contributed by atoms with Gasteiger partial charge in [0.25, 0.3) is 0 Å². The number of halogens is 3. The molecule has 2 nitrogen and oxygen atoms in total. The molecule has 0 aliphatic rings. The fourth-order valence-corrected chi connectivity index (χ4v) is 2.43. The Morgan fingerprint density at radius 1 is 1.00 bits per heavy atom. The minimum absolute atomic E-state index is 0. The second-order valence-corrected chi connectivity index (χ2v) is 5.24. The first-order valence-corrected chi connectivity index (χ1v) is 7.23. The molecule has 1 N–H and O–H groups in total. The van der Waals surface area contributed by atoms with Crippen LogP contribution in [0.2, 0.25) is 10.0 Å². The highest BCUT2D eigenvalue weighted by molar-refractivity contribution is 6.42. The number of rotatable bonds is 6. The molecular weight excluding hydrogens is 329 g/mol. The third-order valence-electron chi connectivity index (χ3n) is 3.11. The van der Waals surface area contributed by atoms with Gasteiger partial charge in [-0.2, -0.15) is 0 Å². The van der Waals surface area contributed by atoms with Gasteiger partial charge in [-0.25, -0.2) is 0 Å². The molecule has 0 saturated carbocycles. The number of nitrogens with one attached hydrogen (secondary N) is 1. The Labute approximate surface area is 141 Å². The van der Waals surface area contributed by atoms with E-state index in [0.717, 1.165) is 24.3 Å². The molecule has 114 valence electrons. The molecule has 0 atom stereocenters. The fourth-order valence-electron chi connectivity index (χ4n) is 2.04. The third kappa shape index (κ3) is 5.08. The first-order chi connectivity index (χ1) is 9.72. The van der Waals surface area contributed by atoms with E-state index in [1.165, 1.54) is 5.56 Å². The standard InChI is InChI=1S/C16H17Cl2NO.ClH/c1-20-15-8-3-2-5-12(15)9-10-19-11-13-6-4-7-14(17)16(13)18;/h2-8,19H,9-11H2,1H3;1H. The first-order valence-electron chi connectivity index (χ1n) is 6.48. The summed E-state index contributed by atoms with van der Waals surface area (Å²) in [6, 6.07) is 13.7. The van der Waals surface area contributed by atoms with Gasteiger partial charge in [0.2, 0.25) is 0 Å². The van der Waals surface area contributed by atoms with Gasteiger partial charge >= 0.3 is 0 Å². The highest BCUT2D eigenvalue weighted by atomic mass is 35.5. The summed E-state index contributed by atoms with van der Waals surface area (Å²) in [5.41, 5.74) is 2.21. The lowest BCUT2D eigenvalue weighted by molar-refractivity contribution is 0.409. The molecule has 0 aliphatic carbocycles. The number of methoxy groups -OCH3 is 1. The topological polar surface area (TPSA) is 21.3 Å². The second-order valence-electron chi connectivity index (χ2n) is 4.45. The number of hydrogen-bond acceptors (Lipinski definition) is 2. The SMILES string of the molecule is COc1ccccc1CCNCc1cccc(Cl)c1Cl.Cl. The Morgan fingerprint density at radius 3 is 2.48 bits per heavy atom. The summed E-state index contributed by atoms with van der Waals surface area (Å²) in [6.45, 7) is 1.55. The van der Waals surface area contributed by atoms with E-state index in [4.69, 9.17) is 27.9 Å². The molecule has 0 saturated heterocycles. The van der Waals surface area contributed by atoms with Gasteiger partial charge in [0, 0.05) is 6.54 Å². The van der Waals surface area contributed by atoms with Crippen molar-refractivity contribution >= 4 is 35.6 Å². The zero-order valence-electron chi connectivity index (χ0n) is 11.7. The first kappa shape index (κ1) is 18.1. The van der Waals surface area contributed by atoms with E-state index in [2.05, 4.69) is 11.4 Å². The normalized spacial score (nSPS) is 10.0. The third-order valence-corrected chi connectivity index (χ3v) is 3.97. The summed E-state index contributed by atoms with van der Waals surface area (Å²) in [5.74, 6) is 0.926. The maximum absolute atomic E-state index is 6.14. The van der Waals surface area contributed by atoms with Crippen LogP contribution in [0.1, 0.15) is 11.1 Å². The molecule has 2 rings (SSSR count). The molecular formula is C16H18Cl3NO. The summed E-state index contributed by atoms with van der Waals surface area (Å²) >= 11 is 12.1. The van der Waals surface area contributed by atoms with E-state index in [9.17, 15) is 0 Å². The monoisotopic (exact) mass is 345 g/mol. The Kier molecular flexibility index (Phi) is 7.91. The van der Waals surface area contributed by atoms with Crippen molar-refractivity contribution < 1.29 is 4.74 Å². The fraction of sp³-hybridized carbons (Fsp3) is 0.250. The Bertz CT molecular complexity index is 575. The number of para-hydroxylation sites is 1. The second kappa shape index (κ2) is 9.16. The molecule has 2 aromatic carbocycles. The molecule has 0 unspecified atom stereocenters. The van der Waals surface area contributed by atoms with E-state index in [1.54, 1.807) is 13.2 Å². The van der Waals surface area contributed by atoms with Crippen molar-refractivity contribution in [2.75, 3.05) is 13.7 Å². The summed E-state index contributed by atoms with van der Waals surface area (Å²) in [6.07, 6.45) is 0.905. The quantitative estimate of drug-likeness (QED) is 0.762.